The minimum absolute atomic E-state index is 0.158. The van der Waals surface area contributed by atoms with Gasteiger partial charge in [0, 0.05) is 11.1 Å². The topological polar surface area (TPSA) is 88.4 Å². The normalized spacial score (nSPS) is 14.2. The Morgan fingerprint density at radius 2 is 1.69 bits per heavy atom. The summed E-state index contributed by atoms with van der Waals surface area (Å²) in [6, 6.07) is 26.7. The first-order chi connectivity index (χ1) is 23.8. The SMILES string of the molecule is CCOC(=O)C1=C(c2ccccc2)N=c2s/c(=C\c3cccc(OC)c3OCc3ccc(Cl)c(Cl)c3)c(=O)n2[C@@H]1c1ccc(OCC)cc1. The van der Waals surface area contributed by atoms with Gasteiger partial charge < -0.3 is 18.9 Å². The number of carbonyl (C=O) groups is 1. The Morgan fingerprint density at radius 3 is 2.39 bits per heavy atom. The maximum Gasteiger partial charge on any atom is 0.338 e. The van der Waals surface area contributed by atoms with Crippen LogP contribution in [0.25, 0.3) is 11.8 Å². The highest BCUT2D eigenvalue weighted by Gasteiger charge is 2.35. The van der Waals surface area contributed by atoms with Gasteiger partial charge in [-0.05, 0) is 61.4 Å². The van der Waals surface area contributed by atoms with Crippen molar-refractivity contribution in [3.63, 3.8) is 0 Å². The van der Waals surface area contributed by atoms with Crippen molar-refractivity contribution in [2.45, 2.75) is 26.5 Å². The molecule has 1 aliphatic rings. The van der Waals surface area contributed by atoms with Crippen LogP contribution in [-0.4, -0.2) is 30.9 Å². The molecular formula is C38H32Cl2N2O6S. The molecule has 8 nitrogen and oxygen atoms in total. The van der Waals surface area contributed by atoms with Crippen LogP contribution in [0.1, 0.15) is 42.1 Å². The Morgan fingerprint density at radius 1 is 0.918 bits per heavy atom. The van der Waals surface area contributed by atoms with E-state index in [4.69, 9.17) is 47.1 Å². The number of fused-ring (bicyclic) bond motifs is 1. The molecule has 1 aromatic heterocycles. The summed E-state index contributed by atoms with van der Waals surface area (Å²) in [7, 11) is 1.55. The molecule has 0 N–H and O–H groups in total. The fourth-order valence-corrected chi connectivity index (χ4v) is 6.87. The monoisotopic (exact) mass is 714 g/mol. The Labute approximate surface area is 297 Å². The lowest BCUT2D eigenvalue weighted by atomic mass is 9.93. The van der Waals surface area contributed by atoms with E-state index in [2.05, 4.69) is 0 Å². The molecule has 0 bridgehead atoms. The molecule has 6 rings (SSSR count). The molecule has 250 valence electrons. The highest BCUT2D eigenvalue weighted by atomic mass is 35.5. The number of methoxy groups -OCH3 is 1. The van der Waals surface area contributed by atoms with Crippen LogP contribution in [0.15, 0.2) is 106 Å². The lowest BCUT2D eigenvalue weighted by Gasteiger charge is -2.26. The first-order valence-corrected chi connectivity index (χ1v) is 17.1. The number of carbonyl (C=O) groups excluding carboxylic acids is 1. The zero-order chi connectivity index (χ0) is 34.5. The molecule has 49 heavy (non-hydrogen) atoms. The van der Waals surface area contributed by atoms with Gasteiger partial charge in [0.2, 0.25) is 0 Å². The van der Waals surface area contributed by atoms with E-state index in [9.17, 15) is 9.59 Å². The maximum absolute atomic E-state index is 14.4. The standard InChI is InChI=1S/C38H32Cl2N2O6S/c1-4-46-27-17-15-25(16-18-27)34-32(37(44)47-5-2)33(24-10-7-6-8-11-24)41-38-42(34)36(43)31(49-38)21-26-12-9-13-30(45-3)35(26)48-22-23-14-19-28(39)29(40)20-23/h6-21,34H,4-5,22H2,1-3H3/b31-21-/t34-/m1/s1. The van der Waals surface area contributed by atoms with E-state index < -0.39 is 12.0 Å². The molecule has 1 aliphatic heterocycles. The average molecular weight is 716 g/mol. The van der Waals surface area contributed by atoms with E-state index in [1.165, 1.54) is 11.3 Å². The van der Waals surface area contributed by atoms with E-state index in [0.29, 0.717) is 60.1 Å². The smallest absolute Gasteiger partial charge is 0.338 e. The molecule has 5 aromatic rings. The molecule has 0 unspecified atom stereocenters. The second-order valence-corrected chi connectivity index (χ2v) is 12.7. The molecule has 1 atom stereocenters. The van der Waals surface area contributed by atoms with Crippen molar-refractivity contribution in [1.82, 2.24) is 4.57 Å². The summed E-state index contributed by atoms with van der Waals surface area (Å²) in [4.78, 5) is 33.6. The van der Waals surface area contributed by atoms with Gasteiger partial charge in [-0.3, -0.25) is 9.36 Å². The minimum atomic E-state index is -0.820. The van der Waals surface area contributed by atoms with E-state index in [1.807, 2.05) is 79.7 Å². The van der Waals surface area contributed by atoms with Crippen LogP contribution in [0, 0.1) is 0 Å². The van der Waals surface area contributed by atoms with Crippen molar-refractivity contribution in [2.75, 3.05) is 20.3 Å². The number of ether oxygens (including phenoxy) is 4. The summed E-state index contributed by atoms with van der Waals surface area (Å²) < 4.78 is 25.1. The third kappa shape index (κ3) is 7.15. The third-order valence-corrected chi connectivity index (χ3v) is 9.49. The number of nitrogens with zero attached hydrogens (tertiary/aromatic N) is 2. The lowest BCUT2D eigenvalue weighted by molar-refractivity contribution is -0.138. The Kier molecular flexibility index (Phi) is 10.5. The molecule has 0 saturated carbocycles. The first-order valence-electron chi connectivity index (χ1n) is 15.6. The van der Waals surface area contributed by atoms with Crippen LogP contribution in [0.2, 0.25) is 10.0 Å². The summed E-state index contributed by atoms with van der Waals surface area (Å²) in [6.45, 7) is 4.50. The number of hydrogen-bond donors (Lipinski definition) is 0. The van der Waals surface area contributed by atoms with Crippen molar-refractivity contribution in [2.24, 2.45) is 4.99 Å². The second kappa shape index (κ2) is 15.2. The number of rotatable bonds is 11. The molecular weight excluding hydrogens is 683 g/mol. The number of thiazole rings is 1. The van der Waals surface area contributed by atoms with Crippen molar-refractivity contribution < 1.29 is 23.7 Å². The molecule has 0 spiro atoms. The van der Waals surface area contributed by atoms with E-state index in [-0.39, 0.29) is 24.3 Å². The molecule has 11 heteroatoms. The molecule has 0 aliphatic carbocycles. The van der Waals surface area contributed by atoms with Gasteiger partial charge in [-0.25, -0.2) is 9.79 Å². The number of hydrogen-bond acceptors (Lipinski definition) is 8. The first kappa shape index (κ1) is 34.0. The lowest BCUT2D eigenvalue weighted by Crippen LogP contribution is -2.40. The molecule has 0 amide bonds. The number of aromatic nitrogens is 1. The average Bonchev–Trinajstić information content (AvgIpc) is 3.43. The van der Waals surface area contributed by atoms with Crippen molar-refractivity contribution in [3.8, 4) is 17.2 Å². The van der Waals surface area contributed by atoms with Gasteiger partial charge in [-0.15, -0.1) is 0 Å². The van der Waals surface area contributed by atoms with Gasteiger partial charge in [0.15, 0.2) is 16.3 Å². The summed E-state index contributed by atoms with van der Waals surface area (Å²) >= 11 is 13.6. The van der Waals surface area contributed by atoms with Gasteiger partial charge in [0.25, 0.3) is 5.56 Å². The van der Waals surface area contributed by atoms with Gasteiger partial charge in [0.1, 0.15) is 12.4 Å². The van der Waals surface area contributed by atoms with Crippen LogP contribution in [-0.2, 0) is 16.1 Å². The van der Waals surface area contributed by atoms with Crippen LogP contribution in [0.3, 0.4) is 0 Å². The molecule has 0 fully saturated rings. The molecule has 0 radical (unpaired) electrons. The van der Waals surface area contributed by atoms with Crippen LogP contribution in [0.4, 0.5) is 0 Å². The van der Waals surface area contributed by atoms with Gasteiger partial charge in [0.05, 0.1) is 52.2 Å². The van der Waals surface area contributed by atoms with Crippen LogP contribution >= 0.6 is 34.5 Å². The van der Waals surface area contributed by atoms with Crippen molar-refractivity contribution in [3.05, 3.63) is 149 Å². The third-order valence-electron chi connectivity index (χ3n) is 7.76. The number of halogens is 2. The van der Waals surface area contributed by atoms with Crippen LogP contribution < -0.4 is 29.1 Å². The highest BCUT2D eigenvalue weighted by molar-refractivity contribution is 7.07. The van der Waals surface area contributed by atoms with Crippen molar-refractivity contribution >= 4 is 52.3 Å². The van der Waals surface area contributed by atoms with Gasteiger partial charge >= 0.3 is 5.97 Å². The van der Waals surface area contributed by atoms with Gasteiger partial charge in [-0.1, -0.05) is 95.2 Å². The Bertz CT molecular complexity index is 2210. The summed E-state index contributed by atoms with van der Waals surface area (Å²) in [5.74, 6) is 1.06. The fraction of sp³-hybridized carbons (Fsp3) is 0.184. The van der Waals surface area contributed by atoms with E-state index >= 15 is 0 Å². The molecule has 2 heterocycles. The van der Waals surface area contributed by atoms with E-state index in [1.54, 1.807) is 42.9 Å². The number of benzene rings is 4. The zero-order valence-electron chi connectivity index (χ0n) is 26.9. The molecule has 0 saturated heterocycles. The Hall–Kier alpha value is -4.83. The predicted octanol–water partition coefficient (Wildman–Crippen LogP) is 7.23. The summed E-state index contributed by atoms with van der Waals surface area (Å²) in [6.07, 6.45) is 1.75. The summed E-state index contributed by atoms with van der Waals surface area (Å²) in [5, 5.41) is 0.868. The number of para-hydroxylation sites is 1. The Balaban J connectivity index is 1.53. The fourth-order valence-electron chi connectivity index (χ4n) is 5.56. The minimum Gasteiger partial charge on any atom is -0.494 e. The van der Waals surface area contributed by atoms with Gasteiger partial charge in [-0.2, -0.15) is 0 Å². The van der Waals surface area contributed by atoms with E-state index in [0.717, 1.165) is 11.1 Å². The number of esters is 1. The quantitative estimate of drug-likeness (QED) is 0.134. The highest BCUT2D eigenvalue weighted by Crippen LogP contribution is 2.36. The largest absolute Gasteiger partial charge is 0.494 e. The maximum atomic E-state index is 14.4. The molecule has 4 aromatic carbocycles. The van der Waals surface area contributed by atoms with Crippen LogP contribution in [0.5, 0.6) is 17.2 Å². The summed E-state index contributed by atoms with van der Waals surface area (Å²) in [5.41, 5.74) is 3.24. The second-order valence-electron chi connectivity index (χ2n) is 10.8. The van der Waals surface area contributed by atoms with Crippen molar-refractivity contribution in [1.29, 1.82) is 0 Å². The zero-order valence-corrected chi connectivity index (χ0v) is 29.3. The predicted molar refractivity (Wildman–Crippen MR) is 192 cm³/mol.